The van der Waals surface area contributed by atoms with Gasteiger partial charge >= 0.3 is 0 Å². The molecule has 2 unspecified atom stereocenters. The van der Waals surface area contributed by atoms with Gasteiger partial charge in [-0.3, -0.25) is 14.9 Å². The maximum Gasteiger partial charge on any atom is 0.269 e. The first-order valence-corrected chi connectivity index (χ1v) is 6.30. The van der Waals surface area contributed by atoms with Crippen LogP contribution in [0, 0.1) is 16.0 Å². The average molecular weight is 279 g/mol. The summed E-state index contributed by atoms with van der Waals surface area (Å²) in [6.45, 7) is 1.03. The van der Waals surface area contributed by atoms with Crippen LogP contribution >= 0.6 is 0 Å². The molecule has 2 rings (SSSR count). The van der Waals surface area contributed by atoms with Crippen LogP contribution < -0.4 is 5.73 Å². The van der Waals surface area contributed by atoms with Crippen LogP contribution in [0.4, 0.5) is 5.69 Å². The number of nitrogens with two attached hydrogens (primary N) is 1. The Kier molecular flexibility index (Phi) is 4.31. The Morgan fingerprint density at radius 3 is 2.90 bits per heavy atom. The normalized spacial score (nSPS) is 21.7. The molecular weight excluding hydrogens is 262 g/mol. The first-order valence-electron chi connectivity index (χ1n) is 6.30. The van der Waals surface area contributed by atoms with Gasteiger partial charge in [0.1, 0.15) is 0 Å². The van der Waals surface area contributed by atoms with Crippen molar-refractivity contribution in [1.29, 1.82) is 0 Å². The summed E-state index contributed by atoms with van der Waals surface area (Å²) in [5.41, 5.74) is 6.54. The molecule has 7 nitrogen and oxygen atoms in total. The van der Waals surface area contributed by atoms with E-state index in [9.17, 15) is 14.9 Å². The van der Waals surface area contributed by atoms with Gasteiger partial charge in [0.2, 0.25) is 5.91 Å². The van der Waals surface area contributed by atoms with Gasteiger partial charge in [0.05, 0.1) is 24.1 Å². The monoisotopic (exact) mass is 279 g/mol. The van der Waals surface area contributed by atoms with Gasteiger partial charge in [-0.1, -0.05) is 12.1 Å². The Morgan fingerprint density at radius 1 is 1.55 bits per heavy atom. The molecule has 0 aromatic heterocycles. The van der Waals surface area contributed by atoms with E-state index in [1.165, 1.54) is 17.0 Å². The van der Waals surface area contributed by atoms with Crippen LogP contribution in [-0.2, 0) is 16.1 Å². The minimum atomic E-state index is -0.452. The number of nitro benzene ring substituents is 1. The molecule has 1 fully saturated rings. The molecule has 7 heteroatoms. The fraction of sp³-hybridized carbons (Fsp3) is 0.462. The molecule has 0 saturated carbocycles. The van der Waals surface area contributed by atoms with E-state index in [0.29, 0.717) is 25.3 Å². The average Bonchev–Trinajstić information content (AvgIpc) is 2.84. The number of carbonyl (C=O) groups excluding carboxylic acids is 1. The lowest BCUT2D eigenvalue weighted by molar-refractivity contribution is -0.384. The second-order valence-electron chi connectivity index (χ2n) is 4.93. The number of carbonyl (C=O) groups is 1. The molecule has 0 bridgehead atoms. The molecule has 1 aromatic carbocycles. The van der Waals surface area contributed by atoms with Gasteiger partial charge in [0.15, 0.2) is 0 Å². The maximum absolute atomic E-state index is 12.2. The summed E-state index contributed by atoms with van der Waals surface area (Å²) < 4.78 is 5.18. The number of hydrogen-bond acceptors (Lipinski definition) is 5. The second kappa shape index (κ2) is 5.98. The smallest absolute Gasteiger partial charge is 0.269 e. The van der Waals surface area contributed by atoms with Gasteiger partial charge in [-0.15, -0.1) is 0 Å². The first kappa shape index (κ1) is 14.4. The predicted molar refractivity (Wildman–Crippen MR) is 71.9 cm³/mol. The molecule has 0 spiro atoms. The lowest BCUT2D eigenvalue weighted by Crippen LogP contribution is -2.41. The quantitative estimate of drug-likeness (QED) is 0.640. The third-order valence-corrected chi connectivity index (χ3v) is 3.36. The molecule has 0 radical (unpaired) electrons. The van der Waals surface area contributed by atoms with E-state index in [0.717, 1.165) is 0 Å². The highest BCUT2D eigenvalue weighted by molar-refractivity contribution is 5.79. The molecule has 1 amide bonds. The maximum atomic E-state index is 12.2. The summed E-state index contributed by atoms with van der Waals surface area (Å²) in [7, 11) is 1.66. The zero-order chi connectivity index (χ0) is 14.7. The molecule has 2 atom stereocenters. The third-order valence-electron chi connectivity index (χ3n) is 3.36. The number of nitro groups is 1. The highest BCUT2D eigenvalue weighted by atomic mass is 16.6. The number of amides is 1. The molecule has 20 heavy (non-hydrogen) atoms. The topological polar surface area (TPSA) is 98.7 Å². The van der Waals surface area contributed by atoms with Crippen molar-refractivity contribution in [1.82, 2.24) is 4.90 Å². The Balaban J connectivity index is 2.03. The Bertz CT molecular complexity index is 520. The van der Waals surface area contributed by atoms with Crippen molar-refractivity contribution in [2.24, 2.45) is 11.7 Å². The Labute approximate surface area is 116 Å². The van der Waals surface area contributed by atoms with Crippen LogP contribution in [0.25, 0.3) is 0 Å². The second-order valence-corrected chi connectivity index (χ2v) is 4.93. The van der Waals surface area contributed by atoms with Gasteiger partial charge in [-0.05, 0) is 5.56 Å². The number of hydrogen-bond donors (Lipinski definition) is 1. The Hall–Kier alpha value is -1.99. The number of benzene rings is 1. The summed E-state index contributed by atoms with van der Waals surface area (Å²) in [5, 5.41) is 10.7. The largest absolute Gasteiger partial charge is 0.379 e. The van der Waals surface area contributed by atoms with Crippen molar-refractivity contribution in [3.8, 4) is 0 Å². The minimum Gasteiger partial charge on any atom is -0.379 e. The van der Waals surface area contributed by atoms with Crippen LogP contribution in [0.15, 0.2) is 24.3 Å². The number of rotatable bonds is 4. The van der Waals surface area contributed by atoms with Crippen molar-refractivity contribution in [3.05, 3.63) is 39.9 Å². The lowest BCUT2D eigenvalue weighted by Gasteiger charge is -2.22. The van der Waals surface area contributed by atoms with E-state index in [2.05, 4.69) is 0 Å². The van der Waals surface area contributed by atoms with E-state index >= 15 is 0 Å². The van der Waals surface area contributed by atoms with Crippen LogP contribution in [0.2, 0.25) is 0 Å². The first-order chi connectivity index (χ1) is 9.49. The van der Waals surface area contributed by atoms with E-state index in [1.807, 2.05) is 0 Å². The standard InChI is InChI=1S/C13H17N3O4/c1-15(13(17)11-7-20-8-12(11)14)6-9-3-2-4-10(5-9)16(18)19/h2-5,11-12H,6-8,14H2,1H3. The van der Waals surface area contributed by atoms with Gasteiger partial charge in [-0.25, -0.2) is 0 Å². The molecule has 1 saturated heterocycles. The van der Waals surface area contributed by atoms with Crippen LogP contribution in [0.5, 0.6) is 0 Å². The van der Waals surface area contributed by atoms with E-state index in [-0.39, 0.29) is 23.6 Å². The van der Waals surface area contributed by atoms with E-state index < -0.39 is 4.92 Å². The number of ether oxygens (including phenoxy) is 1. The molecular formula is C13H17N3O4. The summed E-state index contributed by atoms with van der Waals surface area (Å²) in [6.07, 6.45) is 0. The Morgan fingerprint density at radius 2 is 2.30 bits per heavy atom. The molecule has 2 N–H and O–H groups in total. The molecule has 0 aliphatic carbocycles. The van der Waals surface area contributed by atoms with Crippen LogP contribution in [-0.4, -0.2) is 42.0 Å². The number of nitrogens with zero attached hydrogens (tertiary/aromatic N) is 2. The van der Waals surface area contributed by atoms with Crippen LogP contribution in [0.3, 0.4) is 0 Å². The van der Waals surface area contributed by atoms with Crippen molar-refractivity contribution in [3.63, 3.8) is 0 Å². The molecule has 1 aliphatic rings. The lowest BCUT2D eigenvalue weighted by atomic mass is 10.0. The highest BCUT2D eigenvalue weighted by Gasteiger charge is 2.33. The molecule has 108 valence electrons. The summed E-state index contributed by atoms with van der Waals surface area (Å²) >= 11 is 0. The van der Waals surface area contributed by atoms with Gasteiger partial charge in [-0.2, -0.15) is 0 Å². The van der Waals surface area contributed by atoms with Gasteiger partial charge in [0.25, 0.3) is 5.69 Å². The molecule has 1 aliphatic heterocycles. The number of non-ortho nitro benzene ring substituents is 1. The summed E-state index contributed by atoms with van der Waals surface area (Å²) in [6, 6.07) is 5.97. The summed E-state index contributed by atoms with van der Waals surface area (Å²) in [5.74, 6) is -0.430. The minimum absolute atomic E-state index is 0.0178. The van der Waals surface area contributed by atoms with E-state index in [1.54, 1.807) is 19.2 Å². The van der Waals surface area contributed by atoms with E-state index in [4.69, 9.17) is 10.5 Å². The van der Waals surface area contributed by atoms with Crippen molar-refractivity contribution < 1.29 is 14.5 Å². The van der Waals surface area contributed by atoms with Gasteiger partial charge in [0, 0.05) is 31.8 Å². The van der Waals surface area contributed by atoms with Crippen molar-refractivity contribution >= 4 is 11.6 Å². The molecule has 1 heterocycles. The SMILES string of the molecule is CN(Cc1cccc([N+](=O)[O-])c1)C(=O)C1COCC1N. The summed E-state index contributed by atoms with van der Waals surface area (Å²) in [4.78, 5) is 24.0. The molecule has 1 aromatic rings. The zero-order valence-electron chi connectivity index (χ0n) is 11.2. The fourth-order valence-corrected chi connectivity index (χ4v) is 2.23. The van der Waals surface area contributed by atoms with Crippen molar-refractivity contribution in [2.75, 3.05) is 20.3 Å². The highest BCUT2D eigenvalue weighted by Crippen LogP contribution is 2.18. The van der Waals surface area contributed by atoms with Gasteiger partial charge < -0.3 is 15.4 Å². The van der Waals surface area contributed by atoms with Crippen molar-refractivity contribution in [2.45, 2.75) is 12.6 Å². The third kappa shape index (κ3) is 3.12. The van der Waals surface area contributed by atoms with Crippen LogP contribution in [0.1, 0.15) is 5.56 Å². The predicted octanol–water partition coefficient (Wildman–Crippen LogP) is 0.527. The fourth-order valence-electron chi connectivity index (χ4n) is 2.23. The zero-order valence-corrected chi connectivity index (χ0v) is 11.2.